The summed E-state index contributed by atoms with van der Waals surface area (Å²) in [4.78, 5) is 12.1. The maximum absolute atomic E-state index is 12.1. The van der Waals surface area contributed by atoms with Gasteiger partial charge in [-0.1, -0.05) is 54.6 Å². The van der Waals surface area contributed by atoms with E-state index in [-0.39, 0.29) is 5.91 Å². The highest BCUT2D eigenvalue weighted by molar-refractivity contribution is 5.95. The van der Waals surface area contributed by atoms with Gasteiger partial charge in [-0.2, -0.15) is 5.10 Å². The van der Waals surface area contributed by atoms with Gasteiger partial charge in [-0.15, -0.1) is 0 Å². The molecule has 0 heterocycles. The Labute approximate surface area is 158 Å². The molecule has 0 saturated carbocycles. The summed E-state index contributed by atoms with van der Waals surface area (Å²) in [5.74, 6) is 0.896. The van der Waals surface area contributed by atoms with Gasteiger partial charge in [-0.3, -0.25) is 4.79 Å². The third-order valence-electron chi connectivity index (χ3n) is 3.86. The highest BCUT2D eigenvalue weighted by atomic mass is 16.5. The second-order valence-electron chi connectivity index (χ2n) is 5.72. The zero-order valence-electron chi connectivity index (χ0n) is 15.0. The average molecular weight is 360 g/mol. The first kappa shape index (κ1) is 18.2. The minimum absolute atomic E-state index is 0.276. The van der Waals surface area contributed by atoms with E-state index < -0.39 is 0 Å². The fourth-order valence-electron chi connectivity index (χ4n) is 2.49. The van der Waals surface area contributed by atoms with E-state index in [1.54, 1.807) is 37.6 Å². The van der Waals surface area contributed by atoms with E-state index in [0.29, 0.717) is 29.2 Å². The lowest BCUT2D eigenvalue weighted by Gasteiger charge is -2.13. The Morgan fingerprint density at radius 1 is 0.963 bits per heavy atom. The van der Waals surface area contributed by atoms with E-state index in [2.05, 4.69) is 10.5 Å². The number of para-hydroxylation sites is 1. The monoisotopic (exact) mass is 360 g/mol. The molecular formula is C22H20N2O3. The molecule has 0 atom stereocenters. The average Bonchev–Trinajstić information content (AvgIpc) is 2.73. The molecule has 5 heteroatoms. The van der Waals surface area contributed by atoms with Crippen molar-refractivity contribution in [2.45, 2.75) is 6.61 Å². The third-order valence-corrected chi connectivity index (χ3v) is 3.86. The highest BCUT2D eigenvalue weighted by Gasteiger charge is 2.10. The number of carbonyl (C=O) groups is 1. The number of hydrogen-bond acceptors (Lipinski definition) is 4. The number of nitrogens with zero attached hydrogens (tertiary/aromatic N) is 1. The maximum Gasteiger partial charge on any atom is 0.271 e. The molecule has 0 aliphatic rings. The van der Waals surface area contributed by atoms with Gasteiger partial charge in [0.25, 0.3) is 5.91 Å². The van der Waals surface area contributed by atoms with Crippen molar-refractivity contribution < 1.29 is 14.3 Å². The number of benzene rings is 3. The summed E-state index contributed by atoms with van der Waals surface area (Å²) in [6.07, 6.45) is 1.55. The van der Waals surface area contributed by atoms with E-state index in [9.17, 15) is 4.79 Å². The molecule has 136 valence electrons. The molecule has 27 heavy (non-hydrogen) atoms. The number of nitrogens with one attached hydrogen (secondary N) is 1. The van der Waals surface area contributed by atoms with Crippen molar-refractivity contribution in [1.82, 2.24) is 5.43 Å². The topological polar surface area (TPSA) is 59.9 Å². The molecule has 0 radical (unpaired) electrons. The molecule has 0 aliphatic carbocycles. The van der Waals surface area contributed by atoms with Crippen LogP contribution in [0.15, 0.2) is 84.0 Å². The highest BCUT2D eigenvalue weighted by Crippen LogP contribution is 2.30. The Hall–Kier alpha value is -3.60. The van der Waals surface area contributed by atoms with Gasteiger partial charge in [-0.05, 0) is 29.8 Å². The standard InChI is InChI=1S/C22H20N2O3/c1-26-20-14-8-13-19(21(20)27-16-17-9-4-2-5-10-17)15-23-24-22(25)18-11-6-3-7-12-18/h2-15H,16H2,1H3,(H,24,25)/b23-15-. The second kappa shape index (κ2) is 9.20. The van der Waals surface area contributed by atoms with Gasteiger partial charge in [-0.25, -0.2) is 5.43 Å². The smallest absolute Gasteiger partial charge is 0.271 e. The van der Waals surface area contributed by atoms with Gasteiger partial charge in [0.15, 0.2) is 11.5 Å². The second-order valence-corrected chi connectivity index (χ2v) is 5.72. The van der Waals surface area contributed by atoms with Gasteiger partial charge in [0.05, 0.1) is 13.3 Å². The van der Waals surface area contributed by atoms with Crippen LogP contribution in [0.4, 0.5) is 0 Å². The van der Waals surface area contributed by atoms with Crippen molar-refractivity contribution in [2.24, 2.45) is 5.10 Å². The zero-order valence-corrected chi connectivity index (χ0v) is 15.0. The Balaban J connectivity index is 1.73. The molecule has 3 aromatic carbocycles. The van der Waals surface area contributed by atoms with E-state index in [4.69, 9.17) is 9.47 Å². The molecule has 0 bridgehead atoms. The zero-order chi connectivity index (χ0) is 18.9. The van der Waals surface area contributed by atoms with E-state index in [0.717, 1.165) is 5.56 Å². The Morgan fingerprint density at radius 2 is 1.67 bits per heavy atom. The largest absolute Gasteiger partial charge is 0.493 e. The molecule has 0 spiro atoms. The number of hydrazone groups is 1. The van der Waals surface area contributed by atoms with Crippen LogP contribution < -0.4 is 14.9 Å². The lowest BCUT2D eigenvalue weighted by molar-refractivity contribution is 0.0955. The van der Waals surface area contributed by atoms with Crippen molar-refractivity contribution in [2.75, 3.05) is 7.11 Å². The van der Waals surface area contributed by atoms with Crippen molar-refractivity contribution in [1.29, 1.82) is 0 Å². The third kappa shape index (κ3) is 4.95. The van der Waals surface area contributed by atoms with Crippen LogP contribution in [0, 0.1) is 0 Å². The number of methoxy groups -OCH3 is 1. The first-order valence-electron chi connectivity index (χ1n) is 8.50. The molecule has 5 nitrogen and oxygen atoms in total. The fraction of sp³-hybridized carbons (Fsp3) is 0.0909. The van der Waals surface area contributed by atoms with E-state index in [1.165, 1.54) is 0 Å². The number of amides is 1. The normalized spacial score (nSPS) is 10.6. The minimum atomic E-state index is -0.276. The summed E-state index contributed by atoms with van der Waals surface area (Å²) < 4.78 is 11.4. The van der Waals surface area contributed by atoms with E-state index in [1.807, 2.05) is 54.6 Å². The fourth-order valence-corrected chi connectivity index (χ4v) is 2.49. The molecular weight excluding hydrogens is 340 g/mol. The Bertz CT molecular complexity index is 909. The molecule has 3 aromatic rings. The lowest BCUT2D eigenvalue weighted by atomic mass is 10.2. The SMILES string of the molecule is COc1cccc(/C=N\NC(=O)c2ccccc2)c1OCc1ccccc1. The maximum atomic E-state index is 12.1. The summed E-state index contributed by atoms with van der Waals surface area (Å²) in [6, 6.07) is 24.3. The van der Waals surface area contributed by atoms with Gasteiger partial charge >= 0.3 is 0 Å². The van der Waals surface area contributed by atoms with Crippen LogP contribution in [0.1, 0.15) is 21.5 Å². The lowest BCUT2D eigenvalue weighted by Crippen LogP contribution is -2.17. The molecule has 0 saturated heterocycles. The van der Waals surface area contributed by atoms with Crippen molar-refractivity contribution in [3.05, 3.63) is 95.6 Å². The predicted molar refractivity (Wildman–Crippen MR) is 105 cm³/mol. The summed E-state index contributed by atoms with van der Waals surface area (Å²) in [7, 11) is 1.59. The van der Waals surface area contributed by atoms with Crippen molar-refractivity contribution in [3.63, 3.8) is 0 Å². The predicted octanol–water partition coefficient (Wildman–Crippen LogP) is 4.04. The summed E-state index contributed by atoms with van der Waals surface area (Å²) in [5.41, 5.74) is 4.81. The van der Waals surface area contributed by atoms with Crippen LogP contribution in [-0.2, 0) is 6.61 Å². The summed E-state index contributed by atoms with van der Waals surface area (Å²) in [5, 5.41) is 4.05. The molecule has 3 rings (SSSR count). The van der Waals surface area contributed by atoms with Crippen LogP contribution in [0.3, 0.4) is 0 Å². The number of rotatable bonds is 7. The molecule has 0 aromatic heterocycles. The van der Waals surface area contributed by atoms with Gasteiger partial charge < -0.3 is 9.47 Å². The molecule has 1 N–H and O–H groups in total. The van der Waals surface area contributed by atoms with Crippen LogP contribution >= 0.6 is 0 Å². The van der Waals surface area contributed by atoms with E-state index >= 15 is 0 Å². The molecule has 0 unspecified atom stereocenters. The molecule has 0 fully saturated rings. The number of hydrogen-bond donors (Lipinski definition) is 1. The van der Waals surface area contributed by atoms with Gasteiger partial charge in [0.1, 0.15) is 6.61 Å². The van der Waals surface area contributed by atoms with Crippen LogP contribution in [0.25, 0.3) is 0 Å². The van der Waals surface area contributed by atoms with Crippen LogP contribution in [0.2, 0.25) is 0 Å². The molecule has 1 amide bonds. The summed E-state index contributed by atoms with van der Waals surface area (Å²) >= 11 is 0. The minimum Gasteiger partial charge on any atom is -0.493 e. The Kier molecular flexibility index (Phi) is 6.20. The summed E-state index contributed by atoms with van der Waals surface area (Å²) in [6.45, 7) is 0.401. The van der Waals surface area contributed by atoms with Gasteiger partial charge in [0, 0.05) is 11.1 Å². The quantitative estimate of drug-likeness (QED) is 0.511. The van der Waals surface area contributed by atoms with Crippen molar-refractivity contribution in [3.8, 4) is 11.5 Å². The van der Waals surface area contributed by atoms with Crippen LogP contribution in [-0.4, -0.2) is 19.2 Å². The Morgan fingerprint density at radius 3 is 2.37 bits per heavy atom. The van der Waals surface area contributed by atoms with Crippen molar-refractivity contribution >= 4 is 12.1 Å². The first-order chi connectivity index (χ1) is 13.3. The number of carbonyl (C=O) groups excluding carboxylic acids is 1. The van der Waals surface area contributed by atoms with Gasteiger partial charge in [0.2, 0.25) is 0 Å². The first-order valence-corrected chi connectivity index (χ1v) is 8.50. The molecule has 0 aliphatic heterocycles. The number of ether oxygens (including phenoxy) is 2. The van der Waals surface area contributed by atoms with Crippen LogP contribution in [0.5, 0.6) is 11.5 Å².